The van der Waals surface area contributed by atoms with Gasteiger partial charge in [0.2, 0.25) is 0 Å². The summed E-state index contributed by atoms with van der Waals surface area (Å²) in [5.41, 5.74) is 12.9. The number of benzene rings is 1. The van der Waals surface area contributed by atoms with Crippen LogP contribution in [-0.2, 0) is 0 Å². The van der Waals surface area contributed by atoms with E-state index in [0.29, 0.717) is 0 Å². The monoisotopic (exact) mass is 275 g/mol. The third-order valence-corrected chi connectivity index (χ3v) is 3.10. The number of halogens is 2. The first kappa shape index (κ1) is 10.4. The van der Waals surface area contributed by atoms with Crippen molar-refractivity contribution in [2.75, 3.05) is 0 Å². The van der Waals surface area contributed by atoms with Crippen molar-refractivity contribution < 1.29 is 0 Å². The number of nitrogens with one attached hydrogen (secondary N) is 2. The minimum atomic E-state index is -0.00458. The van der Waals surface area contributed by atoms with Gasteiger partial charge in [0, 0.05) is 9.50 Å². The summed E-state index contributed by atoms with van der Waals surface area (Å²) in [6.07, 6.45) is 0.839. The van der Waals surface area contributed by atoms with Gasteiger partial charge in [-0.05, 0) is 30.2 Å². The maximum absolute atomic E-state index is 6.09. The first-order valence-corrected chi connectivity index (χ1v) is 5.55. The molecule has 2 unspecified atom stereocenters. The number of rotatable bonds is 1. The lowest BCUT2D eigenvalue weighted by molar-refractivity contribution is 0.551. The van der Waals surface area contributed by atoms with Crippen molar-refractivity contribution >= 4 is 27.5 Å². The molecule has 1 aromatic rings. The van der Waals surface area contributed by atoms with Gasteiger partial charge in [0.15, 0.2) is 0 Å². The molecule has 1 heterocycles. The quantitative estimate of drug-likeness (QED) is 0.734. The SMILES string of the molecule is NC1CC(c2cc(Br)ccc2Cl)NN1. The van der Waals surface area contributed by atoms with Crippen molar-refractivity contribution in [3.8, 4) is 0 Å². The molecule has 0 spiro atoms. The fourth-order valence-corrected chi connectivity index (χ4v) is 2.19. The Morgan fingerprint density at radius 1 is 1.43 bits per heavy atom. The second-order valence-electron chi connectivity index (χ2n) is 3.35. The Labute approximate surface area is 96.1 Å². The molecule has 3 nitrogen and oxygen atoms in total. The number of hydrogen-bond donors (Lipinski definition) is 3. The zero-order valence-corrected chi connectivity index (χ0v) is 9.77. The summed E-state index contributed by atoms with van der Waals surface area (Å²) in [6, 6.07) is 6.01. The Kier molecular flexibility index (Phi) is 3.09. The van der Waals surface area contributed by atoms with Gasteiger partial charge in [0.1, 0.15) is 0 Å². The van der Waals surface area contributed by atoms with Crippen LogP contribution in [0.2, 0.25) is 5.02 Å². The van der Waals surface area contributed by atoms with Crippen LogP contribution in [0.3, 0.4) is 0 Å². The molecule has 0 aliphatic carbocycles. The molecule has 0 saturated carbocycles. The van der Waals surface area contributed by atoms with E-state index in [1.165, 1.54) is 0 Å². The topological polar surface area (TPSA) is 50.1 Å². The standard InChI is InChI=1S/C9H11BrClN3/c10-5-1-2-7(11)6(3-5)8-4-9(12)14-13-8/h1-3,8-9,13-14H,4,12H2. The molecule has 76 valence electrons. The lowest BCUT2D eigenvalue weighted by Crippen LogP contribution is -2.36. The van der Waals surface area contributed by atoms with E-state index >= 15 is 0 Å². The molecule has 14 heavy (non-hydrogen) atoms. The Morgan fingerprint density at radius 3 is 2.86 bits per heavy atom. The van der Waals surface area contributed by atoms with Crippen molar-refractivity contribution in [2.24, 2.45) is 5.73 Å². The highest BCUT2D eigenvalue weighted by Crippen LogP contribution is 2.29. The number of hydrazine groups is 1. The molecular formula is C9H11BrClN3. The summed E-state index contributed by atoms with van der Waals surface area (Å²) in [4.78, 5) is 0. The van der Waals surface area contributed by atoms with E-state index in [1.54, 1.807) is 0 Å². The third kappa shape index (κ3) is 2.10. The maximum Gasteiger partial charge on any atom is 0.0698 e. The Balaban J connectivity index is 2.27. The molecule has 4 N–H and O–H groups in total. The second kappa shape index (κ2) is 4.16. The summed E-state index contributed by atoms with van der Waals surface area (Å²) >= 11 is 9.51. The average Bonchev–Trinajstić information content (AvgIpc) is 2.56. The van der Waals surface area contributed by atoms with Crippen molar-refractivity contribution in [3.63, 3.8) is 0 Å². The van der Waals surface area contributed by atoms with E-state index < -0.39 is 0 Å². The first-order valence-electron chi connectivity index (χ1n) is 4.38. The smallest absolute Gasteiger partial charge is 0.0698 e. The van der Waals surface area contributed by atoms with Crippen molar-refractivity contribution in [3.05, 3.63) is 33.3 Å². The molecule has 1 fully saturated rings. The molecule has 1 aliphatic rings. The highest BCUT2D eigenvalue weighted by molar-refractivity contribution is 9.10. The van der Waals surface area contributed by atoms with Gasteiger partial charge in [-0.2, -0.15) is 0 Å². The van der Waals surface area contributed by atoms with Gasteiger partial charge in [-0.15, -0.1) is 0 Å². The minimum Gasteiger partial charge on any atom is -0.315 e. The van der Waals surface area contributed by atoms with E-state index in [-0.39, 0.29) is 12.2 Å². The Morgan fingerprint density at radius 2 is 2.21 bits per heavy atom. The normalized spacial score (nSPS) is 26.8. The molecular weight excluding hydrogens is 265 g/mol. The fourth-order valence-electron chi connectivity index (χ4n) is 1.57. The highest BCUT2D eigenvalue weighted by Gasteiger charge is 2.23. The molecule has 5 heteroatoms. The molecule has 2 atom stereocenters. The third-order valence-electron chi connectivity index (χ3n) is 2.27. The largest absolute Gasteiger partial charge is 0.315 e. The van der Waals surface area contributed by atoms with Crippen LogP contribution in [0.4, 0.5) is 0 Å². The van der Waals surface area contributed by atoms with Crippen LogP contribution in [0.25, 0.3) is 0 Å². The van der Waals surface area contributed by atoms with Crippen molar-refractivity contribution in [2.45, 2.75) is 18.6 Å². The van der Waals surface area contributed by atoms with Crippen LogP contribution >= 0.6 is 27.5 Å². The molecule has 0 amide bonds. The lowest BCUT2D eigenvalue weighted by atomic mass is 10.0. The maximum atomic E-state index is 6.09. The van der Waals surface area contributed by atoms with E-state index in [4.69, 9.17) is 17.3 Å². The predicted molar refractivity (Wildman–Crippen MR) is 60.8 cm³/mol. The van der Waals surface area contributed by atoms with Crippen LogP contribution in [0.5, 0.6) is 0 Å². The van der Waals surface area contributed by atoms with Gasteiger partial charge in [-0.25, -0.2) is 10.9 Å². The van der Waals surface area contributed by atoms with E-state index in [1.807, 2.05) is 18.2 Å². The van der Waals surface area contributed by atoms with Crippen molar-refractivity contribution in [1.82, 2.24) is 10.9 Å². The van der Waals surface area contributed by atoms with Gasteiger partial charge in [-0.3, -0.25) is 0 Å². The second-order valence-corrected chi connectivity index (χ2v) is 4.67. The van der Waals surface area contributed by atoms with Gasteiger partial charge in [-0.1, -0.05) is 27.5 Å². The first-order chi connectivity index (χ1) is 6.66. The summed E-state index contributed by atoms with van der Waals surface area (Å²) < 4.78 is 1.03. The highest BCUT2D eigenvalue weighted by atomic mass is 79.9. The van der Waals surface area contributed by atoms with Gasteiger partial charge < -0.3 is 5.73 Å². The molecule has 1 aliphatic heterocycles. The van der Waals surface area contributed by atoms with Gasteiger partial charge in [0.05, 0.1) is 12.2 Å². The van der Waals surface area contributed by atoms with Gasteiger partial charge >= 0.3 is 0 Å². The van der Waals surface area contributed by atoms with Crippen LogP contribution in [0.1, 0.15) is 18.0 Å². The van der Waals surface area contributed by atoms with Crippen LogP contribution in [-0.4, -0.2) is 6.17 Å². The van der Waals surface area contributed by atoms with Crippen molar-refractivity contribution in [1.29, 1.82) is 0 Å². The van der Waals surface area contributed by atoms with Crippen LogP contribution in [0.15, 0.2) is 22.7 Å². The summed E-state index contributed by atoms with van der Waals surface area (Å²) in [7, 11) is 0. The zero-order chi connectivity index (χ0) is 10.1. The summed E-state index contributed by atoms with van der Waals surface area (Å²) in [5, 5.41) is 0.765. The zero-order valence-electron chi connectivity index (χ0n) is 7.43. The van der Waals surface area contributed by atoms with E-state index in [2.05, 4.69) is 26.8 Å². The molecule has 2 rings (SSSR count). The van der Waals surface area contributed by atoms with E-state index in [9.17, 15) is 0 Å². The lowest BCUT2D eigenvalue weighted by Gasteiger charge is -2.11. The number of nitrogens with two attached hydrogens (primary N) is 1. The molecule has 0 radical (unpaired) electrons. The predicted octanol–water partition coefficient (Wildman–Crippen LogP) is 1.93. The fraction of sp³-hybridized carbons (Fsp3) is 0.333. The van der Waals surface area contributed by atoms with Gasteiger partial charge in [0.25, 0.3) is 0 Å². The molecule has 1 saturated heterocycles. The average molecular weight is 277 g/mol. The van der Waals surface area contributed by atoms with E-state index in [0.717, 1.165) is 21.5 Å². The molecule has 0 aromatic heterocycles. The van der Waals surface area contributed by atoms with Crippen LogP contribution in [0, 0.1) is 0 Å². The Bertz CT molecular complexity index is 345. The minimum absolute atomic E-state index is 0.00458. The molecule has 0 bridgehead atoms. The summed E-state index contributed by atoms with van der Waals surface area (Å²) in [5.74, 6) is 0. The van der Waals surface area contributed by atoms with Crippen LogP contribution < -0.4 is 16.6 Å². The molecule has 1 aromatic carbocycles. The Hall–Kier alpha value is -0.130. The summed E-state index contributed by atoms with van der Waals surface area (Å²) in [6.45, 7) is 0. The number of hydrogen-bond acceptors (Lipinski definition) is 3.